The minimum Gasteiger partial charge on any atom is -0.744 e. The average Bonchev–Trinajstić information content (AvgIpc) is 3.36. The van der Waals surface area contributed by atoms with Gasteiger partial charge in [-0.15, -0.1) is 5.11 Å². The number of hydrogen-bond donors (Lipinski definition) is 2. The molecule has 0 aliphatic rings. The second-order valence-electron chi connectivity index (χ2n) is 9.53. The predicted octanol–water partition coefficient (Wildman–Crippen LogP) is -8.64. The van der Waals surface area contributed by atoms with Gasteiger partial charge >= 0.3 is 107 Å². The first kappa shape index (κ1) is 52.8. The summed E-state index contributed by atoms with van der Waals surface area (Å²) in [4.78, 5) is 44.7. The van der Waals surface area contributed by atoms with Crippen LogP contribution < -0.4 is 93.8 Å². The van der Waals surface area contributed by atoms with Crippen molar-refractivity contribution in [1.29, 1.82) is 0 Å². The molecular weight excluding hydrogens is 781 g/mol. The second-order valence-corrected chi connectivity index (χ2v) is 12.3. The zero-order chi connectivity index (χ0) is 37.9. The molecule has 0 atom stereocenters. The van der Waals surface area contributed by atoms with E-state index in [-0.39, 0.29) is 120 Å². The fourth-order valence-corrected chi connectivity index (χ4v) is 4.66. The molecule has 0 spiro atoms. The van der Waals surface area contributed by atoms with E-state index in [9.17, 15) is 60.4 Å². The van der Waals surface area contributed by atoms with Gasteiger partial charge in [0.25, 0.3) is 0 Å². The van der Waals surface area contributed by atoms with Crippen LogP contribution in [0.4, 0.5) is 11.4 Å². The molecule has 53 heavy (non-hydrogen) atoms. The number of carbonyl (C=O) groups excluding carboxylic acids is 4. The Balaban J connectivity index is 0. The molecule has 1 heterocycles. The number of carbonyl (C=O) groups is 4. The molecule has 0 bridgehead atoms. The first-order valence-electron chi connectivity index (χ1n) is 14.1. The van der Waals surface area contributed by atoms with Gasteiger partial charge in [-0.3, -0.25) is 9.59 Å². The van der Waals surface area contributed by atoms with Crippen molar-refractivity contribution in [3.63, 3.8) is 0 Å². The van der Waals surface area contributed by atoms with Crippen LogP contribution >= 0.6 is 0 Å². The van der Waals surface area contributed by atoms with E-state index >= 15 is 0 Å². The molecule has 272 valence electrons. The van der Waals surface area contributed by atoms with E-state index in [1.54, 1.807) is 20.8 Å². The maximum absolute atomic E-state index is 11.7. The topological polar surface area (TPSA) is 316 Å². The molecule has 25 heteroatoms. The van der Waals surface area contributed by atoms with Crippen molar-refractivity contribution in [1.82, 2.24) is 9.78 Å². The van der Waals surface area contributed by atoms with Gasteiger partial charge in [-0.05, 0) is 69.3 Å². The summed E-state index contributed by atoms with van der Waals surface area (Å²) in [5.41, 5.74) is -3.65. The van der Waals surface area contributed by atoms with Crippen molar-refractivity contribution in [3.8, 4) is 11.6 Å². The van der Waals surface area contributed by atoms with Gasteiger partial charge in [0.05, 0.1) is 59.8 Å². The maximum atomic E-state index is 11.7. The summed E-state index contributed by atoms with van der Waals surface area (Å²) in [5.74, 6) is -5.23. The number of carboxylic acids is 1. The molecule has 0 amide bonds. The summed E-state index contributed by atoms with van der Waals surface area (Å²) in [7, 11) is -9.39. The van der Waals surface area contributed by atoms with Gasteiger partial charge in [-0.25, -0.2) is 21.6 Å². The van der Waals surface area contributed by atoms with Crippen LogP contribution in [0, 0.1) is 0 Å². The number of carboxylic acid groups (broad SMARTS) is 1. The molecule has 20 nitrogen and oxygen atoms in total. The standard InChI is InChI=1S/C16H12N4O9S2.C12H20O7.3Na/c21-15-13(18-17-9-1-5-11(6-2-9)30(24,25)26)14(16(22)23)19-20(15)10-3-7-12(8-4-10)31(27,28)29;1-4-17-9(13)7-12(16,11(15)19-6-3)8-10(14)18-5-2;;;/h1-8,21H,(H,22,23)(H,24,25,26)(H,27,28,29);16H,4-8H2,1-3H3;;;/q;;3*+1/p-3/b18-17+;;;;. The summed E-state index contributed by atoms with van der Waals surface area (Å²) in [6.45, 7) is 4.97. The quantitative estimate of drug-likeness (QED) is 0.0502. The Morgan fingerprint density at radius 2 is 1.17 bits per heavy atom. The molecule has 0 saturated carbocycles. The van der Waals surface area contributed by atoms with E-state index in [4.69, 9.17) is 0 Å². The summed E-state index contributed by atoms with van der Waals surface area (Å²) < 4.78 is 80.4. The zero-order valence-electron chi connectivity index (χ0n) is 29.4. The van der Waals surface area contributed by atoms with Crippen molar-refractivity contribution in [2.24, 2.45) is 10.2 Å². The number of rotatable bonds is 14. The number of azo groups is 1. The molecule has 3 aromatic rings. The van der Waals surface area contributed by atoms with Crippen LogP contribution in [0.2, 0.25) is 0 Å². The number of nitrogens with zero attached hydrogens (tertiary/aromatic N) is 4. The number of aromatic carboxylic acids is 1. The van der Waals surface area contributed by atoms with Crippen LogP contribution in [0.25, 0.3) is 5.69 Å². The van der Waals surface area contributed by atoms with Gasteiger partial charge in [0, 0.05) is 0 Å². The normalized spacial score (nSPS) is 11.1. The first-order valence-corrected chi connectivity index (χ1v) is 16.9. The second kappa shape index (κ2) is 23.6. The fourth-order valence-electron chi connectivity index (χ4n) is 3.73. The number of ether oxygens (including phenoxy) is 3. The largest absolute Gasteiger partial charge is 1.00 e. The van der Waals surface area contributed by atoms with Crippen molar-refractivity contribution in [2.45, 2.75) is 49.0 Å². The number of benzene rings is 2. The molecule has 1 aromatic heterocycles. The molecule has 0 aliphatic heterocycles. The van der Waals surface area contributed by atoms with Gasteiger partial charge in [-0.1, -0.05) is 0 Å². The maximum Gasteiger partial charge on any atom is 1.00 e. The summed E-state index contributed by atoms with van der Waals surface area (Å²) in [6.07, 6.45) is -1.31. The number of aliphatic hydroxyl groups is 1. The van der Waals surface area contributed by atoms with E-state index in [2.05, 4.69) is 29.5 Å². The van der Waals surface area contributed by atoms with Gasteiger partial charge in [0.15, 0.2) is 11.3 Å². The summed E-state index contributed by atoms with van der Waals surface area (Å²) in [5, 5.41) is 42.7. The molecule has 0 unspecified atom stereocenters. The van der Waals surface area contributed by atoms with Crippen molar-refractivity contribution >= 4 is 55.5 Å². The van der Waals surface area contributed by atoms with Crippen LogP contribution in [-0.4, -0.2) is 95.2 Å². The van der Waals surface area contributed by atoms with Crippen LogP contribution in [0.15, 0.2) is 68.6 Å². The van der Waals surface area contributed by atoms with Crippen molar-refractivity contribution in [2.75, 3.05) is 19.8 Å². The summed E-state index contributed by atoms with van der Waals surface area (Å²) >= 11 is 0. The Hall–Kier alpha value is -2.29. The van der Waals surface area contributed by atoms with Crippen molar-refractivity contribution < 1.29 is 163 Å². The van der Waals surface area contributed by atoms with Gasteiger partial charge < -0.3 is 43.4 Å². The van der Waals surface area contributed by atoms with Crippen LogP contribution in [0.3, 0.4) is 0 Å². The van der Waals surface area contributed by atoms with Gasteiger partial charge in [-0.2, -0.15) is 14.9 Å². The molecular formula is C28H29N4Na3O16S2. The number of aromatic nitrogens is 2. The van der Waals surface area contributed by atoms with E-state index in [0.717, 1.165) is 48.5 Å². The molecule has 3 rings (SSSR count). The number of esters is 3. The third kappa shape index (κ3) is 16.1. The molecule has 0 aliphatic carbocycles. The van der Waals surface area contributed by atoms with Crippen molar-refractivity contribution in [3.05, 3.63) is 54.2 Å². The van der Waals surface area contributed by atoms with Gasteiger partial charge in [0.2, 0.25) is 5.88 Å². The van der Waals surface area contributed by atoms with Crippen LogP contribution in [-0.2, 0) is 48.8 Å². The van der Waals surface area contributed by atoms with E-state index in [1.165, 1.54) is 0 Å². The first-order chi connectivity index (χ1) is 23.3. The average molecular weight is 811 g/mol. The molecule has 2 aromatic carbocycles. The fraction of sp³-hybridized carbons (Fsp3) is 0.321. The molecule has 2 N–H and O–H groups in total. The smallest absolute Gasteiger partial charge is 0.744 e. The Morgan fingerprint density at radius 3 is 1.55 bits per heavy atom. The number of hydrogen-bond acceptors (Lipinski definition) is 19. The summed E-state index contributed by atoms with van der Waals surface area (Å²) in [6, 6.07) is 8.23. The predicted molar refractivity (Wildman–Crippen MR) is 160 cm³/mol. The SMILES string of the molecule is CCOC(=O)CC(O)(CC(=O)OCC)C(=O)OCC.O=C([O-])c1nn(-c2ccc(S(=O)(=O)[O-])cc2)c(O)c1/N=N/c1ccc(S(=O)(=O)[O-])cc1.[Na+].[Na+].[Na+]. The molecule has 0 fully saturated rings. The third-order valence-electron chi connectivity index (χ3n) is 5.93. The third-order valence-corrected chi connectivity index (χ3v) is 7.63. The van der Waals surface area contributed by atoms with Crippen LogP contribution in [0.1, 0.15) is 44.1 Å². The van der Waals surface area contributed by atoms with E-state index < -0.39 is 89.6 Å². The Kier molecular flexibility index (Phi) is 23.5. The molecule has 0 radical (unpaired) electrons. The van der Waals surface area contributed by atoms with Gasteiger partial charge in [0.1, 0.15) is 25.9 Å². The minimum absolute atomic E-state index is 0. The van der Waals surface area contributed by atoms with E-state index in [0.29, 0.717) is 4.68 Å². The Morgan fingerprint density at radius 1 is 0.755 bits per heavy atom. The monoisotopic (exact) mass is 810 g/mol. The number of aromatic hydroxyl groups is 1. The van der Waals surface area contributed by atoms with E-state index in [1.807, 2.05) is 0 Å². The molecule has 0 saturated heterocycles. The van der Waals surface area contributed by atoms with Crippen LogP contribution in [0.5, 0.6) is 5.88 Å². The zero-order valence-corrected chi connectivity index (χ0v) is 37.0. The Labute approximate surface area is 369 Å². The minimum atomic E-state index is -4.72. The Bertz CT molecular complexity index is 1940.